The first-order valence-corrected chi connectivity index (χ1v) is 10.2. The highest BCUT2D eigenvalue weighted by Crippen LogP contribution is 2.31. The molecule has 4 nitrogen and oxygen atoms in total. The van der Waals surface area contributed by atoms with Gasteiger partial charge in [-0.25, -0.2) is 0 Å². The normalized spacial score (nSPS) is 12.0. The fraction of sp³-hybridized carbons (Fsp3) is 0.192. The molecular formula is C26H25NO3. The maximum Gasteiger partial charge on any atom is 0.303 e. The first-order chi connectivity index (χ1) is 14.6. The Morgan fingerprint density at radius 3 is 2.47 bits per heavy atom. The second-order valence-corrected chi connectivity index (χ2v) is 7.56. The number of carboxylic acids is 1. The van der Waals surface area contributed by atoms with Crippen LogP contribution in [0, 0.1) is 6.92 Å². The molecule has 1 unspecified atom stereocenters. The molecule has 4 aromatic rings. The zero-order chi connectivity index (χ0) is 20.9. The number of carbonyl (C=O) groups is 1. The largest absolute Gasteiger partial charge is 0.485 e. The van der Waals surface area contributed by atoms with E-state index in [1.54, 1.807) is 0 Å². The van der Waals surface area contributed by atoms with Gasteiger partial charge in [-0.15, -0.1) is 0 Å². The van der Waals surface area contributed by atoms with E-state index in [0.717, 1.165) is 28.8 Å². The Morgan fingerprint density at radius 2 is 1.73 bits per heavy atom. The highest BCUT2D eigenvalue weighted by atomic mass is 16.5. The van der Waals surface area contributed by atoms with Crippen LogP contribution < -0.4 is 4.74 Å². The summed E-state index contributed by atoms with van der Waals surface area (Å²) in [4.78, 5) is 14.1. The van der Waals surface area contributed by atoms with Crippen molar-refractivity contribution in [2.45, 2.75) is 32.3 Å². The predicted octanol–water partition coefficient (Wildman–Crippen LogP) is 5.86. The molecule has 0 saturated carbocycles. The van der Waals surface area contributed by atoms with Crippen LogP contribution in [0.1, 0.15) is 34.8 Å². The number of aromatic nitrogens is 1. The average Bonchev–Trinajstić information content (AvgIpc) is 3.24. The van der Waals surface area contributed by atoms with Gasteiger partial charge in [-0.05, 0) is 59.2 Å². The molecule has 1 aromatic heterocycles. The van der Waals surface area contributed by atoms with Crippen molar-refractivity contribution in [3.8, 4) is 5.75 Å². The maximum absolute atomic E-state index is 10.8. The van der Waals surface area contributed by atoms with Crippen LogP contribution in [-0.4, -0.2) is 16.1 Å². The van der Waals surface area contributed by atoms with Crippen LogP contribution in [0.5, 0.6) is 5.75 Å². The highest BCUT2D eigenvalue weighted by Gasteiger charge is 2.18. The zero-order valence-electron chi connectivity index (χ0n) is 17.0. The van der Waals surface area contributed by atoms with Gasteiger partial charge < -0.3 is 14.8 Å². The lowest BCUT2D eigenvalue weighted by atomic mass is 9.96. The standard InChI is InChI=1S/C26H25NO3/c1-18-23(13-10-21-15-16-27-26(18)21)24(17-20-5-3-2-4-6-20)30-22-11-7-19(8-12-22)9-14-25(28)29/h2-8,10-13,15-16,24,27H,9,14,17H2,1H3,(H,28,29). The van der Waals surface area contributed by atoms with Crippen molar-refractivity contribution >= 4 is 16.9 Å². The number of aliphatic carboxylic acids is 1. The number of nitrogens with one attached hydrogen (secondary N) is 1. The van der Waals surface area contributed by atoms with E-state index in [2.05, 4.69) is 42.2 Å². The molecule has 1 atom stereocenters. The first kappa shape index (κ1) is 19.8. The minimum Gasteiger partial charge on any atom is -0.485 e. The maximum atomic E-state index is 10.8. The fourth-order valence-corrected chi connectivity index (χ4v) is 3.84. The summed E-state index contributed by atoms with van der Waals surface area (Å²) in [7, 11) is 0. The molecule has 0 amide bonds. The summed E-state index contributed by atoms with van der Waals surface area (Å²) in [6, 6.07) is 24.5. The van der Waals surface area contributed by atoms with Crippen LogP contribution in [0.2, 0.25) is 0 Å². The summed E-state index contributed by atoms with van der Waals surface area (Å²) in [5.41, 5.74) is 5.69. The van der Waals surface area contributed by atoms with Crippen molar-refractivity contribution in [1.29, 1.82) is 0 Å². The third kappa shape index (κ3) is 4.54. The summed E-state index contributed by atoms with van der Waals surface area (Å²) < 4.78 is 6.46. The molecule has 0 fully saturated rings. The lowest BCUT2D eigenvalue weighted by molar-refractivity contribution is -0.136. The average molecular weight is 399 g/mol. The van der Waals surface area contributed by atoms with Gasteiger partial charge in [0.1, 0.15) is 11.9 Å². The quantitative estimate of drug-likeness (QED) is 0.390. The minimum atomic E-state index is -0.784. The number of benzene rings is 3. The van der Waals surface area contributed by atoms with E-state index in [1.165, 1.54) is 16.5 Å². The van der Waals surface area contributed by atoms with Gasteiger partial charge in [0.25, 0.3) is 0 Å². The molecule has 0 radical (unpaired) electrons. The molecule has 0 aliphatic carbocycles. The lowest BCUT2D eigenvalue weighted by Gasteiger charge is -2.22. The van der Waals surface area contributed by atoms with E-state index >= 15 is 0 Å². The summed E-state index contributed by atoms with van der Waals surface area (Å²) in [5, 5.41) is 10.1. The number of rotatable bonds is 8. The number of aryl methyl sites for hydroxylation is 2. The number of aromatic amines is 1. The van der Waals surface area contributed by atoms with E-state index in [1.807, 2.05) is 48.7 Å². The van der Waals surface area contributed by atoms with Crippen molar-refractivity contribution in [2.24, 2.45) is 0 Å². The summed E-state index contributed by atoms with van der Waals surface area (Å²) >= 11 is 0. The smallest absolute Gasteiger partial charge is 0.303 e. The second-order valence-electron chi connectivity index (χ2n) is 7.56. The third-order valence-corrected chi connectivity index (χ3v) is 5.47. The van der Waals surface area contributed by atoms with Crippen LogP contribution in [0.15, 0.2) is 79.0 Å². The molecule has 0 saturated heterocycles. The van der Waals surface area contributed by atoms with E-state index < -0.39 is 5.97 Å². The second kappa shape index (κ2) is 8.87. The van der Waals surface area contributed by atoms with Gasteiger partial charge in [0.15, 0.2) is 0 Å². The molecule has 4 rings (SSSR count). The summed E-state index contributed by atoms with van der Waals surface area (Å²) in [6.45, 7) is 2.13. The van der Waals surface area contributed by atoms with Crippen LogP contribution >= 0.6 is 0 Å². The topological polar surface area (TPSA) is 62.3 Å². The fourth-order valence-electron chi connectivity index (χ4n) is 3.84. The van der Waals surface area contributed by atoms with Crippen molar-refractivity contribution in [3.05, 3.63) is 101 Å². The number of H-pyrrole nitrogens is 1. The third-order valence-electron chi connectivity index (χ3n) is 5.47. The Hall–Kier alpha value is -3.53. The molecule has 4 heteroatoms. The Balaban J connectivity index is 1.61. The van der Waals surface area contributed by atoms with E-state index in [9.17, 15) is 4.79 Å². The predicted molar refractivity (Wildman–Crippen MR) is 119 cm³/mol. The van der Waals surface area contributed by atoms with Crippen molar-refractivity contribution in [1.82, 2.24) is 4.98 Å². The molecule has 3 aromatic carbocycles. The van der Waals surface area contributed by atoms with E-state index in [-0.39, 0.29) is 12.5 Å². The SMILES string of the molecule is Cc1c(C(Cc2ccccc2)Oc2ccc(CCC(=O)O)cc2)ccc2cc[nH]c12. The van der Waals surface area contributed by atoms with Crippen LogP contribution in [0.4, 0.5) is 0 Å². The van der Waals surface area contributed by atoms with Crippen molar-refractivity contribution in [2.75, 3.05) is 0 Å². The first-order valence-electron chi connectivity index (χ1n) is 10.2. The molecule has 1 heterocycles. The van der Waals surface area contributed by atoms with Gasteiger partial charge in [-0.3, -0.25) is 4.79 Å². The Bertz CT molecular complexity index is 1130. The zero-order valence-corrected chi connectivity index (χ0v) is 17.0. The van der Waals surface area contributed by atoms with Crippen LogP contribution in [-0.2, 0) is 17.6 Å². The molecule has 0 aliphatic rings. The Kier molecular flexibility index (Phi) is 5.84. The molecule has 0 aliphatic heterocycles. The monoisotopic (exact) mass is 399 g/mol. The Morgan fingerprint density at radius 1 is 0.967 bits per heavy atom. The number of hydrogen-bond acceptors (Lipinski definition) is 2. The molecule has 0 spiro atoms. The highest BCUT2D eigenvalue weighted by molar-refractivity contribution is 5.83. The van der Waals surface area contributed by atoms with E-state index in [0.29, 0.717) is 6.42 Å². The van der Waals surface area contributed by atoms with E-state index in [4.69, 9.17) is 9.84 Å². The van der Waals surface area contributed by atoms with Gasteiger partial charge in [-0.1, -0.05) is 54.6 Å². The van der Waals surface area contributed by atoms with Gasteiger partial charge in [0, 0.05) is 24.6 Å². The summed E-state index contributed by atoms with van der Waals surface area (Å²) in [6.07, 6.45) is 3.24. The molecule has 0 bridgehead atoms. The molecule has 152 valence electrons. The van der Waals surface area contributed by atoms with Gasteiger partial charge >= 0.3 is 5.97 Å². The van der Waals surface area contributed by atoms with Crippen molar-refractivity contribution < 1.29 is 14.6 Å². The van der Waals surface area contributed by atoms with Gasteiger partial charge in [-0.2, -0.15) is 0 Å². The number of carboxylic acid groups (broad SMARTS) is 1. The van der Waals surface area contributed by atoms with Crippen molar-refractivity contribution in [3.63, 3.8) is 0 Å². The van der Waals surface area contributed by atoms with Gasteiger partial charge in [0.05, 0.1) is 0 Å². The van der Waals surface area contributed by atoms with Crippen LogP contribution in [0.3, 0.4) is 0 Å². The van der Waals surface area contributed by atoms with Gasteiger partial charge in [0.2, 0.25) is 0 Å². The summed E-state index contributed by atoms with van der Waals surface area (Å²) in [5.74, 6) is -0.00516. The minimum absolute atomic E-state index is 0.131. The number of fused-ring (bicyclic) bond motifs is 1. The number of hydrogen-bond donors (Lipinski definition) is 2. The Labute approximate surface area is 176 Å². The molecule has 2 N–H and O–H groups in total. The lowest BCUT2D eigenvalue weighted by Crippen LogP contribution is -2.13. The van der Waals surface area contributed by atoms with Crippen LogP contribution in [0.25, 0.3) is 10.9 Å². The number of ether oxygens (including phenoxy) is 1. The molecule has 30 heavy (non-hydrogen) atoms. The molecular weight excluding hydrogens is 374 g/mol.